The summed E-state index contributed by atoms with van der Waals surface area (Å²) < 4.78 is 39.2. The van der Waals surface area contributed by atoms with Gasteiger partial charge in [-0.25, -0.2) is 0 Å². The minimum atomic E-state index is 0.297. The van der Waals surface area contributed by atoms with Gasteiger partial charge < -0.3 is 18.6 Å². The lowest BCUT2D eigenvalue weighted by molar-refractivity contribution is 1.30. The second kappa shape index (κ2) is 11.8. The molecule has 13 aromatic rings. The number of para-hydroxylation sites is 6. The summed E-state index contributed by atoms with van der Waals surface area (Å²) in [4.78, 5) is 4.38. The van der Waals surface area contributed by atoms with E-state index in [-0.39, 0.29) is 0 Å². The van der Waals surface area contributed by atoms with Crippen LogP contribution in [-0.4, -0.2) is 8.80 Å². The summed E-state index contributed by atoms with van der Waals surface area (Å²) in [5.41, 5.74) is 12.2. The number of nitrogens with zero attached hydrogens (tertiary/aromatic N) is 4. The molecule has 0 atom stereocenters. The lowest BCUT2D eigenvalue weighted by Crippen LogP contribution is -2.10. The van der Waals surface area contributed by atoms with Gasteiger partial charge in [0.15, 0.2) is 0 Å². The van der Waals surface area contributed by atoms with E-state index in [0.717, 1.165) is 110 Å². The molecule has 0 saturated heterocycles. The van der Waals surface area contributed by atoms with Crippen LogP contribution in [0.1, 0.15) is 5.48 Å². The maximum absolute atomic E-state index is 8.58. The molecule has 0 aliphatic rings. The van der Waals surface area contributed by atoms with Gasteiger partial charge >= 0.3 is 0 Å². The summed E-state index contributed by atoms with van der Waals surface area (Å²) >= 11 is 0. The second-order valence-electron chi connectivity index (χ2n) is 15.0. The van der Waals surface area contributed by atoms with Crippen LogP contribution in [0, 0.1) is 0 Å². The van der Waals surface area contributed by atoms with Crippen LogP contribution in [0.15, 0.2) is 206 Å². The quantitative estimate of drug-likeness (QED) is 0.169. The summed E-state index contributed by atoms with van der Waals surface area (Å²) in [6.45, 7) is 0. The van der Waals surface area contributed by atoms with Crippen molar-refractivity contribution in [2.45, 2.75) is 0 Å². The van der Waals surface area contributed by atoms with E-state index in [4.69, 9.17) is 5.48 Å². The third-order valence-electron chi connectivity index (χ3n) is 12.0. The van der Waals surface area contributed by atoms with Gasteiger partial charge in [-0.05, 0) is 84.9 Å². The number of benzene rings is 9. The van der Waals surface area contributed by atoms with E-state index in [2.05, 4.69) is 128 Å². The standard InChI is InChI=1S/C54H34N4/c1-5-17-35(18-6-1)55(36-19-7-2-8-20-36)47-31-29-39-43-33-50-44(34-49(43)57-45-27-15-13-25-41(45)51(47)53(39)57)40-30-32-48(52-42-26-14-16-28-46(42)58(50)54(40)52)56(37-21-9-3-10-22-37)38-23-11-4-12-24-38/h1-34H/i5D,6D,9D,10D. The van der Waals surface area contributed by atoms with Gasteiger partial charge in [0.2, 0.25) is 0 Å². The van der Waals surface area contributed by atoms with E-state index >= 15 is 0 Å². The monoisotopic (exact) mass is 742 g/mol. The Balaban J connectivity index is 1.13. The summed E-state index contributed by atoms with van der Waals surface area (Å²) in [6, 6.07) is 63.1. The summed E-state index contributed by atoms with van der Waals surface area (Å²) in [6.07, 6.45) is 0. The highest BCUT2D eigenvalue weighted by Gasteiger charge is 2.27. The van der Waals surface area contributed by atoms with Crippen LogP contribution >= 0.6 is 0 Å². The van der Waals surface area contributed by atoms with Crippen molar-refractivity contribution in [3.05, 3.63) is 206 Å². The molecule has 4 aromatic heterocycles. The van der Waals surface area contributed by atoms with Crippen molar-refractivity contribution >= 4 is 110 Å². The van der Waals surface area contributed by atoms with Gasteiger partial charge in [-0.1, -0.05) is 121 Å². The van der Waals surface area contributed by atoms with Crippen molar-refractivity contribution in [3.8, 4) is 0 Å². The molecule has 0 amide bonds. The minimum absolute atomic E-state index is 0.297. The van der Waals surface area contributed by atoms with Crippen LogP contribution < -0.4 is 9.80 Å². The van der Waals surface area contributed by atoms with Crippen LogP contribution in [0.25, 0.3) is 76.2 Å². The van der Waals surface area contributed by atoms with Crippen LogP contribution in [0.2, 0.25) is 0 Å². The number of fused-ring (bicyclic) bond motifs is 12. The molecular weight excluding hydrogens is 705 g/mol. The molecular formula is C54H34N4. The van der Waals surface area contributed by atoms with Gasteiger partial charge in [0.05, 0.1) is 50.0 Å². The Morgan fingerprint density at radius 3 is 1.12 bits per heavy atom. The lowest BCUT2D eigenvalue weighted by atomic mass is 10.0. The van der Waals surface area contributed by atoms with Crippen molar-refractivity contribution in [2.75, 3.05) is 9.80 Å². The molecule has 0 saturated carbocycles. The Kier molecular flexibility index (Phi) is 5.66. The lowest BCUT2D eigenvalue weighted by Gasteiger charge is -2.26. The number of hydrogen-bond donors (Lipinski definition) is 0. The molecule has 4 nitrogen and oxygen atoms in total. The highest BCUT2D eigenvalue weighted by molar-refractivity contribution is 6.32. The van der Waals surface area contributed by atoms with Crippen molar-refractivity contribution < 1.29 is 5.48 Å². The largest absolute Gasteiger partial charge is 0.310 e. The van der Waals surface area contributed by atoms with Gasteiger partial charge in [-0.3, -0.25) is 0 Å². The van der Waals surface area contributed by atoms with E-state index in [1.165, 1.54) is 0 Å². The summed E-state index contributed by atoms with van der Waals surface area (Å²) in [5.74, 6) is 0. The van der Waals surface area contributed by atoms with E-state index < -0.39 is 0 Å². The van der Waals surface area contributed by atoms with Crippen molar-refractivity contribution in [2.24, 2.45) is 0 Å². The normalized spacial score (nSPS) is 13.1. The molecule has 0 radical (unpaired) electrons. The molecule has 270 valence electrons. The van der Waals surface area contributed by atoms with E-state index in [1.807, 2.05) is 60.7 Å². The molecule has 4 heteroatoms. The average Bonchev–Trinajstić information content (AvgIpc) is 4.00. The van der Waals surface area contributed by atoms with Gasteiger partial charge in [0, 0.05) is 65.8 Å². The van der Waals surface area contributed by atoms with Crippen LogP contribution in [0.5, 0.6) is 0 Å². The van der Waals surface area contributed by atoms with E-state index in [0.29, 0.717) is 24.2 Å². The van der Waals surface area contributed by atoms with E-state index in [1.54, 1.807) is 12.1 Å². The van der Waals surface area contributed by atoms with Crippen LogP contribution in [-0.2, 0) is 0 Å². The predicted octanol–water partition coefficient (Wildman–Crippen LogP) is 14.9. The van der Waals surface area contributed by atoms with Crippen molar-refractivity contribution in [3.63, 3.8) is 0 Å². The van der Waals surface area contributed by atoms with Crippen molar-refractivity contribution in [1.29, 1.82) is 0 Å². The topological polar surface area (TPSA) is 15.3 Å². The highest BCUT2D eigenvalue weighted by atomic mass is 15.2. The molecule has 0 N–H and O–H groups in total. The molecule has 9 aromatic carbocycles. The zero-order valence-corrected chi connectivity index (χ0v) is 31.1. The molecule has 58 heavy (non-hydrogen) atoms. The Hall–Kier alpha value is -7.82. The summed E-state index contributed by atoms with van der Waals surface area (Å²) in [5, 5.41) is 9.14. The maximum atomic E-state index is 8.58. The Bertz CT molecular complexity index is 3630. The second-order valence-corrected chi connectivity index (χ2v) is 15.0. The number of hydrogen-bond acceptors (Lipinski definition) is 2. The fraction of sp³-hybridized carbons (Fsp3) is 0. The fourth-order valence-electron chi connectivity index (χ4n) is 9.80. The third-order valence-corrected chi connectivity index (χ3v) is 12.0. The Morgan fingerprint density at radius 2 is 0.690 bits per heavy atom. The molecule has 0 fully saturated rings. The molecule has 4 heterocycles. The maximum Gasteiger partial charge on any atom is 0.0641 e. The number of rotatable bonds is 6. The average molecular weight is 743 g/mol. The number of anilines is 6. The van der Waals surface area contributed by atoms with Gasteiger partial charge in [-0.2, -0.15) is 0 Å². The molecule has 0 bridgehead atoms. The minimum Gasteiger partial charge on any atom is -0.310 e. The SMILES string of the molecule is [2H]c1cc([2H])cc(N(c2ccccc2)c2ccc3c4cc5c(cc4n4c6ccccc6c2c34)c2ccc(N(c3ccccc3)c3cc([2H])cc([2H])c3)c3c4ccccc4n5c23)c1. The first-order valence-electron chi connectivity index (χ1n) is 21.6. The Labute approximate surface area is 339 Å². The molecule has 0 aliphatic heterocycles. The Morgan fingerprint density at radius 1 is 0.310 bits per heavy atom. The molecule has 0 spiro atoms. The zero-order chi connectivity index (χ0) is 41.4. The first-order valence-corrected chi connectivity index (χ1v) is 19.6. The third kappa shape index (κ3) is 4.18. The first-order chi connectivity index (χ1) is 30.4. The smallest absolute Gasteiger partial charge is 0.0641 e. The zero-order valence-electron chi connectivity index (χ0n) is 35.1. The first kappa shape index (κ1) is 27.7. The van der Waals surface area contributed by atoms with Gasteiger partial charge in [0.1, 0.15) is 0 Å². The van der Waals surface area contributed by atoms with Crippen LogP contribution in [0.4, 0.5) is 34.1 Å². The highest BCUT2D eigenvalue weighted by Crippen LogP contribution is 2.51. The number of aromatic nitrogens is 2. The van der Waals surface area contributed by atoms with Gasteiger partial charge in [0.25, 0.3) is 0 Å². The molecule has 0 aliphatic carbocycles. The van der Waals surface area contributed by atoms with Gasteiger partial charge in [-0.15, -0.1) is 0 Å². The fourth-order valence-corrected chi connectivity index (χ4v) is 9.80. The molecule has 13 rings (SSSR count). The molecule has 0 unspecified atom stereocenters. The summed E-state index contributed by atoms with van der Waals surface area (Å²) in [7, 11) is 0. The van der Waals surface area contributed by atoms with Crippen LogP contribution in [0.3, 0.4) is 0 Å². The van der Waals surface area contributed by atoms with Crippen molar-refractivity contribution in [1.82, 2.24) is 8.80 Å². The predicted molar refractivity (Wildman–Crippen MR) is 245 cm³/mol. The van der Waals surface area contributed by atoms with E-state index in [9.17, 15) is 0 Å².